The molecule has 3 rings (SSSR count). The average molecular weight is 321 g/mol. The molecular formula is C19H19N3O2. The van der Waals surface area contributed by atoms with Crippen molar-refractivity contribution in [2.24, 2.45) is 0 Å². The molecular weight excluding hydrogens is 302 g/mol. The van der Waals surface area contributed by atoms with E-state index in [2.05, 4.69) is 15.8 Å². The summed E-state index contributed by atoms with van der Waals surface area (Å²) in [6.45, 7) is 2.00. The molecule has 2 amide bonds. The smallest absolute Gasteiger partial charge is 0.286 e. The second-order valence-electron chi connectivity index (χ2n) is 5.76. The van der Waals surface area contributed by atoms with Crippen LogP contribution in [-0.4, -0.2) is 16.8 Å². The largest absolute Gasteiger partial charge is 0.350 e. The normalized spacial score (nSPS) is 10.5. The Hall–Kier alpha value is -3.08. The third kappa shape index (κ3) is 3.81. The van der Waals surface area contributed by atoms with E-state index in [1.54, 1.807) is 6.07 Å². The lowest BCUT2D eigenvalue weighted by atomic mass is 10.1. The quantitative estimate of drug-likeness (QED) is 0.646. The van der Waals surface area contributed by atoms with Gasteiger partial charge in [-0.1, -0.05) is 42.0 Å². The van der Waals surface area contributed by atoms with Crippen LogP contribution in [0.5, 0.6) is 0 Å². The number of rotatable bonds is 4. The minimum absolute atomic E-state index is 0.223. The summed E-state index contributed by atoms with van der Waals surface area (Å²) in [5.74, 6) is -0.587. The number of aromatic nitrogens is 1. The number of aromatic amines is 1. The van der Waals surface area contributed by atoms with Crippen molar-refractivity contribution in [2.45, 2.75) is 19.8 Å². The Morgan fingerprint density at radius 3 is 2.58 bits per heavy atom. The molecule has 0 fully saturated rings. The van der Waals surface area contributed by atoms with Gasteiger partial charge >= 0.3 is 0 Å². The Labute approximate surface area is 140 Å². The Bertz CT molecular complexity index is 869. The fourth-order valence-corrected chi connectivity index (χ4v) is 2.53. The molecule has 5 heteroatoms. The summed E-state index contributed by atoms with van der Waals surface area (Å²) >= 11 is 0. The molecule has 0 spiro atoms. The molecule has 0 unspecified atom stereocenters. The lowest BCUT2D eigenvalue weighted by molar-refractivity contribution is -0.121. The minimum Gasteiger partial charge on any atom is -0.350 e. The number of hydrogen-bond donors (Lipinski definition) is 3. The van der Waals surface area contributed by atoms with E-state index >= 15 is 0 Å². The van der Waals surface area contributed by atoms with Crippen molar-refractivity contribution in [3.8, 4) is 0 Å². The van der Waals surface area contributed by atoms with E-state index in [1.807, 2.05) is 55.5 Å². The maximum absolute atomic E-state index is 12.1. The predicted octanol–water partition coefficient (Wildman–Crippen LogP) is 2.87. The van der Waals surface area contributed by atoms with Crippen molar-refractivity contribution in [1.82, 2.24) is 15.8 Å². The lowest BCUT2D eigenvalue weighted by Crippen LogP contribution is -2.41. The fourth-order valence-electron chi connectivity index (χ4n) is 2.53. The van der Waals surface area contributed by atoms with E-state index < -0.39 is 0 Å². The SMILES string of the molecule is Cc1ccc2[nH]c(C(=O)NNC(=O)CCc3ccccc3)cc2c1. The molecule has 1 heterocycles. The maximum atomic E-state index is 12.1. The van der Waals surface area contributed by atoms with Gasteiger partial charge in [0.25, 0.3) is 5.91 Å². The lowest BCUT2D eigenvalue weighted by Gasteiger charge is -2.06. The monoisotopic (exact) mass is 321 g/mol. The number of hydrazine groups is 1. The van der Waals surface area contributed by atoms with Gasteiger partial charge in [0, 0.05) is 17.3 Å². The summed E-state index contributed by atoms with van der Waals surface area (Å²) in [4.78, 5) is 27.0. The highest BCUT2D eigenvalue weighted by atomic mass is 16.2. The number of fused-ring (bicyclic) bond motifs is 1. The number of H-pyrrole nitrogens is 1. The zero-order chi connectivity index (χ0) is 16.9. The first-order valence-corrected chi connectivity index (χ1v) is 7.84. The first-order chi connectivity index (χ1) is 11.6. The Kier molecular flexibility index (Phi) is 4.61. The number of hydrogen-bond acceptors (Lipinski definition) is 2. The average Bonchev–Trinajstić information content (AvgIpc) is 3.02. The van der Waals surface area contributed by atoms with Crippen LogP contribution in [0.1, 0.15) is 28.0 Å². The van der Waals surface area contributed by atoms with E-state index in [1.165, 1.54) is 0 Å². The molecule has 3 N–H and O–H groups in total. The number of amides is 2. The van der Waals surface area contributed by atoms with Crippen molar-refractivity contribution >= 4 is 22.7 Å². The molecule has 0 aliphatic rings. The number of carbonyl (C=O) groups is 2. The first-order valence-electron chi connectivity index (χ1n) is 7.84. The molecule has 3 aromatic rings. The van der Waals surface area contributed by atoms with Crippen molar-refractivity contribution in [3.63, 3.8) is 0 Å². The summed E-state index contributed by atoms with van der Waals surface area (Å²) in [5.41, 5.74) is 8.41. The zero-order valence-corrected chi connectivity index (χ0v) is 13.4. The van der Waals surface area contributed by atoms with Crippen LogP contribution < -0.4 is 10.9 Å². The molecule has 0 radical (unpaired) electrons. The fraction of sp³-hybridized carbons (Fsp3) is 0.158. The van der Waals surface area contributed by atoms with Crippen LogP contribution in [0.15, 0.2) is 54.6 Å². The van der Waals surface area contributed by atoms with Gasteiger partial charge in [0.1, 0.15) is 5.69 Å². The summed E-state index contributed by atoms with van der Waals surface area (Å²) < 4.78 is 0. The van der Waals surface area contributed by atoms with Gasteiger partial charge < -0.3 is 4.98 Å². The molecule has 1 aromatic heterocycles. The highest BCUT2D eigenvalue weighted by Crippen LogP contribution is 2.16. The molecule has 0 atom stereocenters. The standard InChI is InChI=1S/C19H19N3O2/c1-13-7-9-16-15(11-13)12-17(20-16)19(24)22-21-18(23)10-8-14-5-3-2-4-6-14/h2-7,9,11-12,20H,8,10H2,1H3,(H,21,23)(H,22,24). The molecule has 0 aliphatic carbocycles. The van der Waals surface area contributed by atoms with E-state index in [0.717, 1.165) is 22.0 Å². The van der Waals surface area contributed by atoms with Crippen molar-refractivity contribution in [1.29, 1.82) is 0 Å². The van der Waals surface area contributed by atoms with E-state index in [9.17, 15) is 9.59 Å². The van der Waals surface area contributed by atoms with Crippen LogP contribution in [0.3, 0.4) is 0 Å². The molecule has 122 valence electrons. The second kappa shape index (κ2) is 7.00. The van der Waals surface area contributed by atoms with Gasteiger partial charge in [0.15, 0.2) is 0 Å². The molecule has 0 saturated carbocycles. The topological polar surface area (TPSA) is 74.0 Å². The van der Waals surface area contributed by atoms with Crippen LogP contribution in [0.4, 0.5) is 0 Å². The van der Waals surface area contributed by atoms with E-state index in [-0.39, 0.29) is 11.8 Å². The maximum Gasteiger partial charge on any atom is 0.286 e. The number of aryl methyl sites for hydroxylation is 2. The third-order valence-electron chi connectivity index (χ3n) is 3.82. The van der Waals surface area contributed by atoms with Crippen molar-refractivity contribution in [3.05, 3.63) is 71.4 Å². The van der Waals surface area contributed by atoms with Gasteiger partial charge in [-0.3, -0.25) is 20.4 Å². The van der Waals surface area contributed by atoms with E-state index in [4.69, 9.17) is 0 Å². The van der Waals surface area contributed by atoms with Crippen LogP contribution in [0.2, 0.25) is 0 Å². The highest BCUT2D eigenvalue weighted by Gasteiger charge is 2.10. The molecule has 5 nitrogen and oxygen atoms in total. The van der Waals surface area contributed by atoms with Gasteiger partial charge in [0.05, 0.1) is 0 Å². The van der Waals surface area contributed by atoms with Gasteiger partial charge in [-0.25, -0.2) is 0 Å². The summed E-state index contributed by atoms with van der Waals surface area (Å²) in [5, 5.41) is 0.968. The van der Waals surface area contributed by atoms with Crippen LogP contribution in [-0.2, 0) is 11.2 Å². The summed E-state index contributed by atoms with van der Waals surface area (Å²) in [6.07, 6.45) is 0.949. The molecule has 24 heavy (non-hydrogen) atoms. The Morgan fingerprint density at radius 2 is 1.79 bits per heavy atom. The summed E-state index contributed by atoms with van der Waals surface area (Å²) in [7, 11) is 0. The van der Waals surface area contributed by atoms with Gasteiger partial charge in [-0.15, -0.1) is 0 Å². The molecule has 2 aromatic carbocycles. The molecule has 0 saturated heterocycles. The van der Waals surface area contributed by atoms with E-state index in [0.29, 0.717) is 18.5 Å². The van der Waals surface area contributed by atoms with Gasteiger partial charge in [0.2, 0.25) is 5.91 Å². The molecule has 0 bridgehead atoms. The summed E-state index contributed by atoms with van der Waals surface area (Å²) in [6, 6.07) is 17.4. The predicted molar refractivity (Wildman–Crippen MR) is 93.4 cm³/mol. The second-order valence-corrected chi connectivity index (χ2v) is 5.76. The number of nitrogens with one attached hydrogen (secondary N) is 3. The van der Waals surface area contributed by atoms with Crippen LogP contribution in [0, 0.1) is 6.92 Å². The zero-order valence-electron chi connectivity index (χ0n) is 13.4. The Morgan fingerprint density at radius 1 is 1.00 bits per heavy atom. The van der Waals surface area contributed by atoms with Crippen LogP contribution in [0.25, 0.3) is 10.9 Å². The third-order valence-corrected chi connectivity index (χ3v) is 3.82. The van der Waals surface area contributed by atoms with Gasteiger partial charge in [-0.2, -0.15) is 0 Å². The van der Waals surface area contributed by atoms with Gasteiger partial charge in [-0.05, 0) is 37.1 Å². The number of benzene rings is 2. The van der Waals surface area contributed by atoms with Crippen molar-refractivity contribution in [2.75, 3.05) is 0 Å². The van der Waals surface area contributed by atoms with Crippen molar-refractivity contribution < 1.29 is 9.59 Å². The minimum atomic E-state index is -0.364. The Balaban J connectivity index is 1.53. The number of carbonyl (C=O) groups excluding carboxylic acids is 2. The first kappa shape index (κ1) is 15.8. The highest BCUT2D eigenvalue weighted by molar-refractivity contribution is 5.98. The van der Waals surface area contributed by atoms with Crippen LogP contribution >= 0.6 is 0 Å². The molecule has 0 aliphatic heterocycles.